The number of ether oxygens (including phenoxy) is 1. The van der Waals surface area contributed by atoms with Crippen molar-refractivity contribution in [1.29, 1.82) is 0 Å². The smallest absolute Gasteiger partial charge is 0.416 e. The van der Waals surface area contributed by atoms with E-state index in [1.807, 2.05) is 0 Å². The summed E-state index contributed by atoms with van der Waals surface area (Å²) in [5.41, 5.74) is 0.887. The Balaban J connectivity index is 2.14. The number of aromatic nitrogens is 1. The van der Waals surface area contributed by atoms with E-state index in [2.05, 4.69) is 4.98 Å². The van der Waals surface area contributed by atoms with E-state index >= 15 is 0 Å². The molecule has 16 heavy (non-hydrogen) atoms. The highest BCUT2D eigenvalue weighted by Gasteiger charge is 2.30. The summed E-state index contributed by atoms with van der Waals surface area (Å²) >= 11 is 1.35. The number of nitrogens with zero attached hydrogens (tertiary/aromatic N) is 1. The highest BCUT2D eigenvalue weighted by atomic mass is 32.1. The molecule has 1 aromatic carbocycles. The molecule has 0 atom stereocenters. The van der Waals surface area contributed by atoms with Gasteiger partial charge in [-0.05, 0) is 24.3 Å². The number of hydrogen-bond donors (Lipinski definition) is 0. The summed E-state index contributed by atoms with van der Waals surface area (Å²) in [6.45, 7) is 0. The minimum atomic E-state index is -4.32. The van der Waals surface area contributed by atoms with Crippen LogP contribution < -0.4 is 4.74 Å². The minimum Gasteiger partial charge on any atom is -0.438 e. The van der Waals surface area contributed by atoms with Crippen LogP contribution >= 0.6 is 11.3 Å². The molecule has 0 fully saturated rings. The van der Waals surface area contributed by atoms with Gasteiger partial charge < -0.3 is 4.74 Å². The number of alkyl halides is 3. The lowest BCUT2D eigenvalue weighted by Gasteiger charge is -2.07. The molecule has 1 heterocycles. The normalized spacial score (nSPS) is 11.4. The highest BCUT2D eigenvalue weighted by molar-refractivity contribution is 7.07. The Morgan fingerprint density at radius 3 is 2.31 bits per heavy atom. The molecule has 0 saturated carbocycles. The van der Waals surface area contributed by atoms with E-state index < -0.39 is 11.7 Å². The van der Waals surface area contributed by atoms with E-state index in [9.17, 15) is 13.2 Å². The van der Waals surface area contributed by atoms with Crippen molar-refractivity contribution >= 4 is 11.3 Å². The van der Waals surface area contributed by atoms with E-state index in [0.717, 1.165) is 12.1 Å². The summed E-state index contributed by atoms with van der Waals surface area (Å²) in [7, 11) is 0. The van der Waals surface area contributed by atoms with E-state index in [1.54, 1.807) is 10.9 Å². The number of rotatable bonds is 2. The third-order valence-corrected chi connectivity index (χ3v) is 2.38. The zero-order valence-corrected chi connectivity index (χ0v) is 8.68. The first kappa shape index (κ1) is 10.9. The molecule has 0 bridgehead atoms. The Bertz CT molecular complexity index is 450. The Morgan fingerprint density at radius 2 is 1.81 bits per heavy atom. The Kier molecular flexibility index (Phi) is 2.82. The van der Waals surface area contributed by atoms with Crippen molar-refractivity contribution in [3.05, 3.63) is 40.7 Å². The summed E-state index contributed by atoms with van der Waals surface area (Å²) in [6.07, 6.45) is -4.32. The van der Waals surface area contributed by atoms with Gasteiger partial charge in [0.05, 0.1) is 16.5 Å². The van der Waals surface area contributed by atoms with Crippen LogP contribution in [-0.4, -0.2) is 4.98 Å². The van der Waals surface area contributed by atoms with E-state index in [0.29, 0.717) is 11.6 Å². The predicted molar refractivity (Wildman–Crippen MR) is 53.6 cm³/mol. The second-order valence-electron chi connectivity index (χ2n) is 2.95. The summed E-state index contributed by atoms with van der Waals surface area (Å²) in [5.74, 6) is 0.712. The number of halogens is 3. The molecule has 0 aliphatic carbocycles. The quantitative estimate of drug-likeness (QED) is 0.799. The molecule has 2 aromatic rings. The van der Waals surface area contributed by atoms with Crippen molar-refractivity contribution in [2.45, 2.75) is 6.18 Å². The lowest BCUT2D eigenvalue weighted by Crippen LogP contribution is -2.03. The van der Waals surface area contributed by atoms with Gasteiger partial charge in [-0.25, -0.2) is 4.98 Å². The molecular weight excluding hydrogens is 239 g/mol. The third-order valence-electron chi connectivity index (χ3n) is 1.81. The SMILES string of the molecule is FC(F)(F)c1ccc(Oc2cscn2)cc1. The molecule has 6 heteroatoms. The molecule has 2 nitrogen and oxygen atoms in total. The van der Waals surface area contributed by atoms with Gasteiger partial charge in [0.2, 0.25) is 5.88 Å². The van der Waals surface area contributed by atoms with Crippen molar-refractivity contribution < 1.29 is 17.9 Å². The van der Waals surface area contributed by atoms with E-state index in [1.165, 1.54) is 23.5 Å². The van der Waals surface area contributed by atoms with Crippen LogP contribution in [0.5, 0.6) is 11.6 Å². The lowest BCUT2D eigenvalue weighted by molar-refractivity contribution is -0.137. The number of hydrogen-bond acceptors (Lipinski definition) is 3. The molecule has 0 N–H and O–H groups in total. The maximum atomic E-state index is 12.2. The molecule has 0 saturated heterocycles. The summed E-state index contributed by atoms with van der Waals surface area (Å²) in [5, 5.41) is 1.66. The van der Waals surface area contributed by atoms with E-state index in [4.69, 9.17) is 4.74 Å². The maximum Gasteiger partial charge on any atom is 0.416 e. The average molecular weight is 245 g/mol. The monoisotopic (exact) mass is 245 g/mol. The van der Waals surface area contributed by atoms with Crippen molar-refractivity contribution in [3.63, 3.8) is 0 Å². The molecule has 0 spiro atoms. The Labute approximate surface area is 93.3 Å². The molecule has 2 rings (SSSR count). The average Bonchev–Trinajstić information content (AvgIpc) is 2.70. The first-order chi connectivity index (χ1) is 7.55. The molecule has 0 aliphatic heterocycles. The maximum absolute atomic E-state index is 12.2. The van der Waals surface area contributed by atoms with Gasteiger partial charge in [-0.3, -0.25) is 0 Å². The zero-order valence-electron chi connectivity index (χ0n) is 7.86. The molecule has 0 amide bonds. The van der Waals surface area contributed by atoms with Gasteiger partial charge in [0.25, 0.3) is 0 Å². The summed E-state index contributed by atoms with van der Waals surface area (Å²) in [4.78, 5) is 3.86. The van der Waals surface area contributed by atoms with Crippen molar-refractivity contribution in [3.8, 4) is 11.6 Å². The van der Waals surface area contributed by atoms with Crippen molar-refractivity contribution in [2.75, 3.05) is 0 Å². The fourth-order valence-electron chi connectivity index (χ4n) is 1.08. The minimum absolute atomic E-state index is 0.332. The fraction of sp³-hybridized carbons (Fsp3) is 0.100. The molecular formula is C10H6F3NOS. The lowest BCUT2D eigenvalue weighted by atomic mass is 10.2. The van der Waals surface area contributed by atoms with Gasteiger partial charge in [0.15, 0.2) is 0 Å². The molecule has 0 radical (unpaired) electrons. The number of benzene rings is 1. The molecule has 84 valence electrons. The highest BCUT2D eigenvalue weighted by Crippen LogP contribution is 2.31. The van der Waals surface area contributed by atoms with Gasteiger partial charge in [0, 0.05) is 0 Å². The third kappa shape index (κ3) is 2.52. The molecule has 1 aromatic heterocycles. The first-order valence-corrected chi connectivity index (χ1v) is 5.23. The van der Waals surface area contributed by atoms with Crippen LogP contribution in [0.15, 0.2) is 35.2 Å². The number of thiazole rings is 1. The topological polar surface area (TPSA) is 22.1 Å². The standard InChI is InChI=1S/C10H6F3NOS/c11-10(12,13)7-1-3-8(4-2-7)15-9-5-16-6-14-9/h1-6H. The van der Waals surface area contributed by atoms with Crippen molar-refractivity contribution in [2.24, 2.45) is 0 Å². The zero-order chi connectivity index (χ0) is 11.6. The molecule has 0 unspecified atom stereocenters. The van der Waals surface area contributed by atoms with Crippen LogP contribution in [0.4, 0.5) is 13.2 Å². The Hall–Kier alpha value is -1.56. The van der Waals surface area contributed by atoms with Gasteiger partial charge in [-0.15, -0.1) is 11.3 Å². The molecule has 0 aliphatic rings. The van der Waals surface area contributed by atoms with Gasteiger partial charge >= 0.3 is 6.18 Å². The predicted octanol–water partition coefficient (Wildman–Crippen LogP) is 3.95. The van der Waals surface area contributed by atoms with Crippen LogP contribution in [0.1, 0.15) is 5.56 Å². The second-order valence-corrected chi connectivity index (χ2v) is 3.67. The fourth-order valence-corrected chi connectivity index (χ4v) is 1.54. The van der Waals surface area contributed by atoms with Gasteiger partial charge in [-0.1, -0.05) is 0 Å². The van der Waals surface area contributed by atoms with Crippen LogP contribution in [0, 0.1) is 0 Å². The van der Waals surface area contributed by atoms with Gasteiger partial charge in [0.1, 0.15) is 5.75 Å². The van der Waals surface area contributed by atoms with Crippen LogP contribution in [0.25, 0.3) is 0 Å². The van der Waals surface area contributed by atoms with Crippen LogP contribution in [0.2, 0.25) is 0 Å². The largest absolute Gasteiger partial charge is 0.438 e. The second kappa shape index (κ2) is 4.13. The van der Waals surface area contributed by atoms with Crippen molar-refractivity contribution in [1.82, 2.24) is 4.98 Å². The Morgan fingerprint density at radius 1 is 1.12 bits per heavy atom. The van der Waals surface area contributed by atoms with E-state index in [-0.39, 0.29) is 0 Å². The summed E-state index contributed by atoms with van der Waals surface area (Å²) in [6, 6.07) is 4.48. The van der Waals surface area contributed by atoms with Gasteiger partial charge in [-0.2, -0.15) is 13.2 Å². The first-order valence-electron chi connectivity index (χ1n) is 4.29. The van der Waals surface area contributed by atoms with Crippen LogP contribution in [0.3, 0.4) is 0 Å². The van der Waals surface area contributed by atoms with Crippen LogP contribution in [-0.2, 0) is 6.18 Å². The summed E-state index contributed by atoms with van der Waals surface area (Å²) < 4.78 is 42.0.